The van der Waals surface area contributed by atoms with Crippen LogP contribution in [0.2, 0.25) is 0 Å². The normalized spacial score (nSPS) is 19.8. The lowest BCUT2D eigenvalue weighted by atomic mass is 9.98. The molecular formula is C15H21NO. The largest absolute Gasteiger partial charge is 0.307 e. The Hall–Kier alpha value is -1.15. The molecule has 0 bridgehead atoms. The van der Waals surface area contributed by atoms with E-state index in [0.29, 0.717) is 18.1 Å². The summed E-state index contributed by atoms with van der Waals surface area (Å²) < 4.78 is 0. The van der Waals surface area contributed by atoms with Gasteiger partial charge in [-0.05, 0) is 36.4 Å². The van der Waals surface area contributed by atoms with Crippen LogP contribution >= 0.6 is 0 Å². The fourth-order valence-corrected chi connectivity index (χ4v) is 2.30. The number of nitrogens with one attached hydrogen (secondary N) is 1. The number of ketones is 1. The summed E-state index contributed by atoms with van der Waals surface area (Å²) in [5.41, 5.74) is 2.47. The number of Topliss-reactive ketones (excluding diaryl/α,β-unsaturated/α-hetero) is 1. The predicted octanol–water partition coefficient (Wildman–Crippen LogP) is 2.67. The molecule has 1 aromatic rings. The zero-order valence-electron chi connectivity index (χ0n) is 10.7. The van der Waals surface area contributed by atoms with E-state index >= 15 is 0 Å². The van der Waals surface area contributed by atoms with E-state index < -0.39 is 0 Å². The average Bonchev–Trinajstić information content (AvgIpc) is 2.83. The molecule has 1 heterocycles. The second kappa shape index (κ2) is 5.46. The topological polar surface area (TPSA) is 29.1 Å². The molecule has 1 N–H and O–H groups in total. The van der Waals surface area contributed by atoms with Crippen molar-refractivity contribution in [2.75, 3.05) is 6.54 Å². The van der Waals surface area contributed by atoms with E-state index in [9.17, 15) is 4.79 Å². The predicted molar refractivity (Wildman–Crippen MR) is 70.3 cm³/mol. The van der Waals surface area contributed by atoms with Crippen LogP contribution in [0.1, 0.15) is 43.7 Å². The Morgan fingerprint density at radius 2 is 2.06 bits per heavy atom. The van der Waals surface area contributed by atoms with E-state index in [1.807, 2.05) is 0 Å². The SMILES string of the molecule is CC(C)c1ccc(CC(=O)C2CCCN2)cc1. The van der Waals surface area contributed by atoms with Crippen LogP contribution in [0.25, 0.3) is 0 Å². The summed E-state index contributed by atoms with van der Waals surface area (Å²) in [5, 5.41) is 3.26. The highest BCUT2D eigenvalue weighted by Crippen LogP contribution is 2.16. The molecule has 92 valence electrons. The minimum absolute atomic E-state index is 0.0970. The van der Waals surface area contributed by atoms with Crippen LogP contribution in [0.3, 0.4) is 0 Å². The van der Waals surface area contributed by atoms with Crippen molar-refractivity contribution in [2.45, 2.75) is 45.1 Å². The van der Waals surface area contributed by atoms with Crippen molar-refractivity contribution in [2.24, 2.45) is 0 Å². The minimum atomic E-state index is 0.0970. The number of carbonyl (C=O) groups excluding carboxylic acids is 1. The molecule has 0 aliphatic carbocycles. The van der Waals surface area contributed by atoms with Crippen molar-refractivity contribution in [3.63, 3.8) is 0 Å². The highest BCUT2D eigenvalue weighted by Gasteiger charge is 2.21. The van der Waals surface area contributed by atoms with Gasteiger partial charge in [-0.2, -0.15) is 0 Å². The fraction of sp³-hybridized carbons (Fsp3) is 0.533. The lowest BCUT2D eigenvalue weighted by Crippen LogP contribution is -2.31. The molecular weight excluding hydrogens is 210 g/mol. The zero-order chi connectivity index (χ0) is 12.3. The van der Waals surface area contributed by atoms with Gasteiger partial charge in [0.25, 0.3) is 0 Å². The molecule has 1 atom stereocenters. The zero-order valence-corrected chi connectivity index (χ0v) is 10.7. The molecule has 0 amide bonds. The third kappa shape index (κ3) is 3.16. The summed E-state index contributed by atoms with van der Waals surface area (Å²) >= 11 is 0. The standard InChI is InChI=1S/C15H21NO/c1-11(2)13-7-5-12(6-8-13)10-15(17)14-4-3-9-16-14/h5-8,11,14,16H,3-4,9-10H2,1-2H3. The van der Waals surface area contributed by atoms with Gasteiger partial charge in [-0.25, -0.2) is 0 Å². The molecule has 2 heteroatoms. The maximum absolute atomic E-state index is 12.0. The van der Waals surface area contributed by atoms with Gasteiger partial charge in [0, 0.05) is 6.42 Å². The summed E-state index contributed by atoms with van der Waals surface area (Å²) in [5.74, 6) is 0.885. The van der Waals surface area contributed by atoms with E-state index in [-0.39, 0.29) is 6.04 Å². The van der Waals surface area contributed by atoms with Crippen LogP contribution in [0, 0.1) is 0 Å². The van der Waals surface area contributed by atoms with Crippen LogP contribution in [0.4, 0.5) is 0 Å². The van der Waals surface area contributed by atoms with E-state index in [2.05, 4.69) is 43.4 Å². The van der Waals surface area contributed by atoms with Gasteiger partial charge in [0.2, 0.25) is 0 Å². The van der Waals surface area contributed by atoms with Crippen molar-refractivity contribution in [3.05, 3.63) is 35.4 Å². The first-order valence-corrected chi connectivity index (χ1v) is 6.52. The third-order valence-corrected chi connectivity index (χ3v) is 3.47. The molecule has 1 saturated heterocycles. The molecule has 1 aliphatic rings. The summed E-state index contributed by atoms with van der Waals surface area (Å²) in [4.78, 5) is 12.0. The lowest BCUT2D eigenvalue weighted by Gasteiger charge is -2.10. The summed E-state index contributed by atoms with van der Waals surface area (Å²) in [6.45, 7) is 5.36. The highest BCUT2D eigenvalue weighted by molar-refractivity contribution is 5.86. The number of benzene rings is 1. The molecule has 0 aromatic heterocycles. The Morgan fingerprint density at radius 3 is 2.59 bits per heavy atom. The van der Waals surface area contributed by atoms with E-state index in [1.165, 1.54) is 5.56 Å². The maximum atomic E-state index is 12.0. The fourth-order valence-electron chi connectivity index (χ4n) is 2.30. The average molecular weight is 231 g/mol. The number of carbonyl (C=O) groups is 1. The van der Waals surface area contributed by atoms with Crippen LogP contribution in [-0.4, -0.2) is 18.4 Å². The molecule has 2 rings (SSSR count). The third-order valence-electron chi connectivity index (χ3n) is 3.47. The van der Waals surface area contributed by atoms with Gasteiger partial charge >= 0.3 is 0 Å². The van der Waals surface area contributed by atoms with Gasteiger partial charge in [0.1, 0.15) is 0 Å². The molecule has 17 heavy (non-hydrogen) atoms. The molecule has 0 spiro atoms. The van der Waals surface area contributed by atoms with Crippen LogP contribution in [-0.2, 0) is 11.2 Å². The molecule has 2 nitrogen and oxygen atoms in total. The Morgan fingerprint density at radius 1 is 1.35 bits per heavy atom. The van der Waals surface area contributed by atoms with Crippen LogP contribution < -0.4 is 5.32 Å². The Kier molecular flexibility index (Phi) is 3.95. The quantitative estimate of drug-likeness (QED) is 0.863. The smallest absolute Gasteiger partial charge is 0.154 e. The molecule has 0 saturated carbocycles. The summed E-state index contributed by atoms with van der Waals surface area (Å²) in [7, 11) is 0. The van der Waals surface area contributed by atoms with Crippen molar-refractivity contribution >= 4 is 5.78 Å². The van der Waals surface area contributed by atoms with Gasteiger partial charge in [-0.3, -0.25) is 4.79 Å². The Balaban J connectivity index is 1.96. The van der Waals surface area contributed by atoms with E-state index in [1.54, 1.807) is 0 Å². The lowest BCUT2D eigenvalue weighted by molar-refractivity contribution is -0.120. The van der Waals surface area contributed by atoms with E-state index in [4.69, 9.17) is 0 Å². The highest BCUT2D eigenvalue weighted by atomic mass is 16.1. The van der Waals surface area contributed by atoms with Gasteiger partial charge in [0.05, 0.1) is 6.04 Å². The van der Waals surface area contributed by atoms with Crippen molar-refractivity contribution in [3.8, 4) is 0 Å². The molecule has 1 fully saturated rings. The minimum Gasteiger partial charge on any atom is -0.307 e. The van der Waals surface area contributed by atoms with Gasteiger partial charge < -0.3 is 5.32 Å². The van der Waals surface area contributed by atoms with Crippen LogP contribution in [0.5, 0.6) is 0 Å². The van der Waals surface area contributed by atoms with E-state index in [0.717, 1.165) is 24.9 Å². The van der Waals surface area contributed by atoms with Gasteiger partial charge in [-0.1, -0.05) is 38.1 Å². The maximum Gasteiger partial charge on any atom is 0.154 e. The Labute approximate surface area is 103 Å². The monoisotopic (exact) mass is 231 g/mol. The molecule has 1 unspecified atom stereocenters. The van der Waals surface area contributed by atoms with Gasteiger partial charge in [0.15, 0.2) is 5.78 Å². The number of hydrogen-bond donors (Lipinski definition) is 1. The van der Waals surface area contributed by atoms with Crippen molar-refractivity contribution in [1.29, 1.82) is 0 Å². The van der Waals surface area contributed by atoms with Gasteiger partial charge in [-0.15, -0.1) is 0 Å². The first-order chi connectivity index (χ1) is 8.16. The molecule has 0 radical (unpaired) electrons. The first-order valence-electron chi connectivity index (χ1n) is 6.52. The van der Waals surface area contributed by atoms with Crippen LogP contribution in [0.15, 0.2) is 24.3 Å². The Bertz CT molecular complexity index is 374. The molecule has 1 aromatic carbocycles. The first kappa shape index (κ1) is 12.3. The number of rotatable bonds is 4. The summed E-state index contributed by atoms with van der Waals surface area (Å²) in [6, 6.07) is 8.54. The second-order valence-electron chi connectivity index (χ2n) is 5.19. The van der Waals surface area contributed by atoms with Crippen molar-refractivity contribution < 1.29 is 4.79 Å². The summed E-state index contributed by atoms with van der Waals surface area (Å²) in [6.07, 6.45) is 2.70. The molecule has 1 aliphatic heterocycles. The van der Waals surface area contributed by atoms with Crippen molar-refractivity contribution in [1.82, 2.24) is 5.32 Å². The number of hydrogen-bond acceptors (Lipinski definition) is 2. The second-order valence-corrected chi connectivity index (χ2v) is 5.19.